The molecule has 0 saturated carbocycles. The first-order chi connectivity index (χ1) is 45.6. The van der Waals surface area contributed by atoms with Crippen molar-refractivity contribution in [3.05, 3.63) is 289 Å². The van der Waals surface area contributed by atoms with E-state index in [-0.39, 0.29) is 21.7 Å². The van der Waals surface area contributed by atoms with Crippen LogP contribution in [0.5, 0.6) is 0 Å². The summed E-state index contributed by atoms with van der Waals surface area (Å²) < 4.78 is 5.21. The van der Waals surface area contributed by atoms with Crippen LogP contribution in [0.3, 0.4) is 0 Å². The fraction of sp³-hybridized carbons (Fsp3) is 0.187. The molecule has 95 heavy (non-hydrogen) atoms. The number of aromatic nitrogens is 2. The van der Waals surface area contributed by atoms with Crippen LogP contribution in [-0.2, 0) is 22.8 Å². The Morgan fingerprint density at radius 1 is 0.347 bits per heavy atom. The van der Waals surface area contributed by atoms with Gasteiger partial charge in [0.05, 0.1) is 50.3 Å². The molecule has 0 amide bonds. The monoisotopic (exact) mass is 1230 g/mol. The molecule has 0 bridgehead atoms. The van der Waals surface area contributed by atoms with Crippen LogP contribution in [0.2, 0.25) is 0 Å². The summed E-state index contributed by atoms with van der Waals surface area (Å²) >= 11 is 0. The van der Waals surface area contributed by atoms with Gasteiger partial charge >= 0.3 is 0 Å². The van der Waals surface area contributed by atoms with Crippen molar-refractivity contribution in [3.63, 3.8) is 0 Å². The molecule has 1 aliphatic rings. The Morgan fingerprint density at radius 2 is 0.821 bits per heavy atom. The topological polar surface area (TPSA) is 15.8 Å². The van der Waals surface area contributed by atoms with Gasteiger partial charge in [-0.2, -0.15) is 0 Å². The summed E-state index contributed by atoms with van der Waals surface area (Å²) in [6.45, 7) is 33.8. The number of hydrogen-bond acceptors (Lipinski definition) is 2. The van der Waals surface area contributed by atoms with Crippen LogP contribution in [0.4, 0.5) is 34.1 Å². The molecule has 4 nitrogen and oxygen atoms in total. The van der Waals surface area contributed by atoms with Gasteiger partial charge in [-0.3, -0.25) is 0 Å². The van der Waals surface area contributed by atoms with Gasteiger partial charge in [0.2, 0.25) is 0 Å². The van der Waals surface area contributed by atoms with Crippen molar-refractivity contribution >= 4 is 121 Å². The summed E-state index contributed by atoms with van der Waals surface area (Å²) in [6, 6.07) is 89.6. The molecule has 4 heterocycles. The zero-order valence-electron chi connectivity index (χ0n) is 57.0. The maximum absolute atomic E-state index is 5.15. The second-order valence-corrected chi connectivity index (χ2v) is 30.7. The van der Waals surface area contributed by atoms with Gasteiger partial charge in [-0.1, -0.05) is 272 Å². The molecule has 0 fully saturated rings. The van der Waals surface area contributed by atoms with Crippen LogP contribution in [0.25, 0.3) is 109 Å². The van der Waals surface area contributed by atoms with Crippen LogP contribution in [0, 0.1) is 5.41 Å². The molecule has 15 aromatic rings. The van der Waals surface area contributed by atoms with Gasteiger partial charge in [-0.05, 0) is 155 Å². The van der Waals surface area contributed by atoms with Gasteiger partial charge < -0.3 is 18.8 Å². The minimum Gasteiger partial charge on any atom is -0.336 e. The van der Waals surface area contributed by atoms with E-state index in [1.165, 1.54) is 126 Å². The number of allylic oxidation sites excluding steroid dienone is 5. The largest absolute Gasteiger partial charge is 0.336 e. The fourth-order valence-corrected chi connectivity index (χ4v) is 15.3. The van der Waals surface area contributed by atoms with E-state index in [4.69, 9.17) is 6.58 Å². The Balaban J connectivity index is 1.00. The first-order valence-corrected chi connectivity index (χ1v) is 33.9. The van der Waals surface area contributed by atoms with Crippen molar-refractivity contribution in [2.24, 2.45) is 5.41 Å². The Hall–Kier alpha value is -10.4. The smallest absolute Gasteiger partial charge is 0.0641 e. The predicted octanol–water partition coefficient (Wildman–Crippen LogP) is 26.0. The zero-order chi connectivity index (χ0) is 65.6. The maximum Gasteiger partial charge on any atom is 0.0641 e. The average Bonchev–Trinajstić information content (AvgIpc) is 1.53. The van der Waals surface area contributed by atoms with Crippen molar-refractivity contribution < 1.29 is 0 Å². The van der Waals surface area contributed by atoms with Crippen LogP contribution in [0.15, 0.2) is 267 Å². The highest BCUT2D eigenvalue weighted by atomic mass is 15.2. The number of para-hydroxylation sites is 2. The summed E-state index contributed by atoms with van der Waals surface area (Å²) in [5.41, 5.74) is 24.1. The molecule has 0 atom stereocenters. The molecule has 0 unspecified atom stereocenters. The lowest BCUT2D eigenvalue weighted by atomic mass is 9.83. The molecule has 466 valence electrons. The molecule has 12 aromatic carbocycles. The summed E-state index contributed by atoms with van der Waals surface area (Å²) in [5, 5.41) is 12.2. The Morgan fingerprint density at radius 3 is 1.38 bits per heavy atom. The van der Waals surface area contributed by atoms with Crippen molar-refractivity contribution in [3.8, 4) is 22.3 Å². The zero-order valence-corrected chi connectivity index (χ0v) is 57.0. The molecular weight excluding hydrogens is 1150 g/mol. The highest BCUT2D eigenvalue weighted by Gasteiger charge is 2.32. The van der Waals surface area contributed by atoms with Crippen molar-refractivity contribution in [1.82, 2.24) is 8.97 Å². The van der Waals surface area contributed by atoms with Crippen molar-refractivity contribution in [2.75, 3.05) is 9.80 Å². The summed E-state index contributed by atoms with van der Waals surface area (Å²) in [5.74, 6) is 0. The van der Waals surface area contributed by atoms with E-state index < -0.39 is 0 Å². The van der Waals surface area contributed by atoms with E-state index in [1.807, 2.05) is 0 Å². The third kappa shape index (κ3) is 9.77. The molecule has 0 saturated heterocycles. The van der Waals surface area contributed by atoms with Gasteiger partial charge in [0.1, 0.15) is 0 Å². The number of anilines is 6. The maximum atomic E-state index is 5.15. The van der Waals surface area contributed by atoms with Crippen LogP contribution >= 0.6 is 0 Å². The quantitative estimate of drug-likeness (QED) is 0.151. The summed E-state index contributed by atoms with van der Waals surface area (Å²) in [7, 11) is 0. The molecular formula is C91H82N4. The lowest BCUT2D eigenvalue weighted by molar-refractivity contribution is 0.517. The SMILES string of the molecule is C=C1/C=C(C(C)(C)C)\C=C/Cn2c3cc4c5ccc(N(c6ccccc6)c6cc(C(C)(C)C)ccc6-c6cccc7ccccc67)c6c7cc(C(C)(C)C)ccc7n(c4cc3c3ccc(N(c4ccccc4)c4cc(C(C)(C)C)ccc4-c4cccc7ccccc47)c1c32)c56. The van der Waals surface area contributed by atoms with Crippen molar-refractivity contribution in [1.29, 1.82) is 0 Å². The molecule has 0 N–H and O–H groups in total. The number of fused-ring (bicyclic) bond motifs is 11. The normalized spacial score (nSPS) is 14.4. The molecule has 1 aliphatic heterocycles. The van der Waals surface area contributed by atoms with E-state index in [2.05, 4.69) is 357 Å². The minimum atomic E-state index is -0.151. The lowest BCUT2D eigenvalue weighted by Gasteiger charge is -2.32. The van der Waals surface area contributed by atoms with Gasteiger partial charge in [-0.15, -0.1) is 0 Å². The second-order valence-electron chi connectivity index (χ2n) is 30.7. The fourth-order valence-electron chi connectivity index (χ4n) is 15.3. The number of hydrogen-bond donors (Lipinski definition) is 0. The van der Waals surface area contributed by atoms with Crippen molar-refractivity contribution in [2.45, 2.75) is 106 Å². The first-order valence-electron chi connectivity index (χ1n) is 33.9. The van der Waals surface area contributed by atoms with E-state index in [0.717, 1.165) is 45.3 Å². The summed E-state index contributed by atoms with van der Waals surface area (Å²) in [4.78, 5) is 5.11. The van der Waals surface area contributed by atoms with Gasteiger partial charge in [0.25, 0.3) is 0 Å². The number of benzene rings is 12. The van der Waals surface area contributed by atoms with E-state index >= 15 is 0 Å². The van der Waals surface area contributed by atoms with Gasteiger partial charge in [-0.25, -0.2) is 0 Å². The number of nitrogens with zero attached hydrogens (tertiary/aromatic N) is 4. The highest BCUT2D eigenvalue weighted by molar-refractivity contribution is 6.30. The Bertz CT molecular complexity index is 5670. The van der Waals surface area contributed by atoms with Gasteiger partial charge in [0, 0.05) is 66.9 Å². The van der Waals surface area contributed by atoms with Crippen LogP contribution < -0.4 is 9.80 Å². The molecule has 0 spiro atoms. The van der Waals surface area contributed by atoms with Crippen LogP contribution in [-0.4, -0.2) is 8.97 Å². The number of rotatable bonds is 8. The van der Waals surface area contributed by atoms with E-state index in [1.54, 1.807) is 0 Å². The molecule has 0 aliphatic carbocycles. The average molecular weight is 1230 g/mol. The van der Waals surface area contributed by atoms with E-state index in [0.29, 0.717) is 6.54 Å². The Labute approximate surface area is 559 Å². The second kappa shape index (κ2) is 21.8. The van der Waals surface area contributed by atoms with Crippen LogP contribution in [0.1, 0.15) is 105 Å². The standard InChI is InChI=1S/C91H82N4/c1-57-51-60(88(2,3)4)31-26-50-92-80-55-75-73-46-49-79(94(65-34-18-15-19-35-65)82-54-63(91(11,12)13)41-44-71(82)69-39-25-30-59-28-21-23-37-67(59)69)85-76-52-61(89(5,6)7)42-47-77(76)95(87(73)85)83(75)56-74(80)72-45-48-78(84(57)86(72)92)93(64-32-16-14-17-33-64)81-53-62(90(8,9)10)40-43-70(81)68-38-24-29-58-27-20-22-36-66(58)68/h14-49,51-56H,1,50H2,2-13H3/b31-26-,60-51+. The van der Waals surface area contributed by atoms with E-state index in [9.17, 15) is 0 Å². The summed E-state index contributed by atoms with van der Waals surface area (Å²) in [6.07, 6.45) is 7.11. The highest BCUT2D eigenvalue weighted by Crippen LogP contribution is 2.54. The molecule has 3 aromatic heterocycles. The third-order valence-corrected chi connectivity index (χ3v) is 20.4. The first kappa shape index (κ1) is 59.6. The molecule has 0 radical (unpaired) electrons. The predicted molar refractivity (Wildman–Crippen MR) is 411 cm³/mol. The van der Waals surface area contributed by atoms with Gasteiger partial charge in [0.15, 0.2) is 0 Å². The minimum absolute atomic E-state index is 0.0957. The molecule has 16 rings (SSSR count). The third-order valence-electron chi connectivity index (χ3n) is 20.4. The Kier molecular flexibility index (Phi) is 13.7. The molecule has 4 heteroatoms. The lowest BCUT2D eigenvalue weighted by Crippen LogP contribution is -2.17.